The van der Waals surface area contributed by atoms with Crippen LogP contribution in [-0.2, 0) is 17.8 Å². The third-order valence-corrected chi connectivity index (χ3v) is 5.60. The second-order valence-corrected chi connectivity index (χ2v) is 8.08. The largest absolute Gasteiger partial charge is 0.381 e. The van der Waals surface area contributed by atoms with Gasteiger partial charge < -0.3 is 21.5 Å². The van der Waals surface area contributed by atoms with Crippen LogP contribution in [0, 0.1) is 0 Å². The van der Waals surface area contributed by atoms with Gasteiger partial charge in [-0.05, 0) is 53.9 Å². The Morgan fingerprint density at radius 1 is 0.912 bits per heavy atom. The van der Waals surface area contributed by atoms with Crippen molar-refractivity contribution in [2.24, 2.45) is 5.73 Å². The van der Waals surface area contributed by atoms with Gasteiger partial charge in [0.2, 0.25) is 5.91 Å². The van der Waals surface area contributed by atoms with Crippen LogP contribution in [0.3, 0.4) is 0 Å². The van der Waals surface area contributed by atoms with E-state index in [0.717, 1.165) is 27.7 Å². The summed E-state index contributed by atoms with van der Waals surface area (Å²) in [6.45, 7) is 0.588. The number of carbonyl (C=O) groups is 2. The lowest BCUT2D eigenvalue weighted by atomic mass is 10.00. The van der Waals surface area contributed by atoms with Crippen molar-refractivity contribution < 1.29 is 14.7 Å². The van der Waals surface area contributed by atoms with E-state index in [-0.39, 0.29) is 12.3 Å². The molecular formula is C27H26N4O3. The molecule has 1 aromatic heterocycles. The second-order valence-electron chi connectivity index (χ2n) is 8.08. The van der Waals surface area contributed by atoms with Gasteiger partial charge in [-0.1, -0.05) is 48.5 Å². The average molecular weight is 455 g/mol. The molecule has 7 nitrogen and oxygen atoms in total. The van der Waals surface area contributed by atoms with Gasteiger partial charge in [-0.25, -0.2) is 0 Å². The Balaban J connectivity index is 1.39. The Labute approximate surface area is 197 Å². The number of hydrogen-bond donors (Lipinski definition) is 4. The highest BCUT2D eigenvalue weighted by Gasteiger charge is 2.26. The van der Waals surface area contributed by atoms with Crippen LogP contribution in [0.4, 0.5) is 5.69 Å². The number of fused-ring (bicyclic) bond motifs is 1. The van der Waals surface area contributed by atoms with Crippen LogP contribution in [0.1, 0.15) is 21.5 Å². The van der Waals surface area contributed by atoms with E-state index >= 15 is 0 Å². The molecule has 34 heavy (non-hydrogen) atoms. The lowest BCUT2D eigenvalue weighted by Crippen LogP contribution is -2.50. The Kier molecular flexibility index (Phi) is 7.15. The van der Waals surface area contributed by atoms with Crippen LogP contribution in [0.5, 0.6) is 0 Å². The van der Waals surface area contributed by atoms with E-state index in [2.05, 4.69) is 15.6 Å². The van der Waals surface area contributed by atoms with Gasteiger partial charge in [-0.15, -0.1) is 0 Å². The van der Waals surface area contributed by atoms with Gasteiger partial charge in [0.1, 0.15) is 0 Å². The molecule has 0 aliphatic heterocycles. The first-order chi connectivity index (χ1) is 16.5. The molecule has 0 aliphatic carbocycles. The molecular weight excluding hydrogens is 428 g/mol. The number of nitrogens with two attached hydrogens (primary N) is 1. The minimum atomic E-state index is -1.50. The lowest BCUT2D eigenvalue weighted by Gasteiger charge is -2.22. The third kappa shape index (κ3) is 5.76. The number of hydrogen-bond acceptors (Lipinski definition) is 5. The lowest BCUT2D eigenvalue weighted by molar-refractivity contribution is -0.127. The summed E-state index contributed by atoms with van der Waals surface area (Å²) in [4.78, 5) is 28.7. The fraction of sp³-hybridized carbons (Fsp3) is 0.148. The smallest absolute Gasteiger partial charge is 0.251 e. The van der Waals surface area contributed by atoms with E-state index in [1.165, 1.54) is 0 Å². The zero-order chi connectivity index (χ0) is 23.9. The molecule has 1 unspecified atom stereocenters. The molecule has 2 atom stereocenters. The standard InChI is InChI=1S/C27H26N4O3/c28-26(33)25(32)24(15-18-5-2-1-3-6-18)31-27(34)20-10-8-19(9-11-20)17-30-22-12-13-23-21(16-22)7-4-14-29-23/h1-14,16,24-25,30,32H,15,17H2,(H2,28,33)(H,31,34)/t24?,25-/m0/s1. The molecule has 0 saturated heterocycles. The van der Waals surface area contributed by atoms with E-state index < -0.39 is 18.1 Å². The molecule has 4 aromatic rings. The number of anilines is 1. The SMILES string of the molecule is NC(=O)[C@@H](O)C(Cc1ccccc1)NC(=O)c1ccc(CNc2ccc3ncccc3c2)cc1. The molecule has 0 fully saturated rings. The predicted molar refractivity (Wildman–Crippen MR) is 132 cm³/mol. The van der Waals surface area contributed by atoms with Gasteiger partial charge in [-0.3, -0.25) is 14.6 Å². The van der Waals surface area contributed by atoms with Gasteiger partial charge in [0.05, 0.1) is 11.6 Å². The van der Waals surface area contributed by atoms with E-state index in [1.54, 1.807) is 18.3 Å². The normalized spacial score (nSPS) is 12.6. The molecule has 3 aromatic carbocycles. The topological polar surface area (TPSA) is 117 Å². The minimum Gasteiger partial charge on any atom is -0.381 e. The van der Waals surface area contributed by atoms with Crippen molar-refractivity contribution in [1.82, 2.24) is 10.3 Å². The summed E-state index contributed by atoms with van der Waals surface area (Å²) in [6, 6.07) is 25.5. The van der Waals surface area contributed by atoms with Gasteiger partial charge in [0.15, 0.2) is 6.10 Å². The molecule has 0 spiro atoms. The van der Waals surface area contributed by atoms with Crippen molar-refractivity contribution in [3.63, 3.8) is 0 Å². The molecule has 5 N–H and O–H groups in total. The maximum absolute atomic E-state index is 12.8. The number of aromatic nitrogens is 1. The van der Waals surface area contributed by atoms with E-state index in [0.29, 0.717) is 12.1 Å². The molecule has 0 saturated carbocycles. The molecule has 0 radical (unpaired) electrons. The van der Waals surface area contributed by atoms with Crippen LogP contribution >= 0.6 is 0 Å². The van der Waals surface area contributed by atoms with Gasteiger partial charge in [-0.2, -0.15) is 0 Å². The molecule has 172 valence electrons. The number of nitrogens with one attached hydrogen (secondary N) is 2. The fourth-order valence-corrected chi connectivity index (χ4v) is 3.72. The van der Waals surface area contributed by atoms with Crippen LogP contribution < -0.4 is 16.4 Å². The predicted octanol–water partition coefficient (Wildman–Crippen LogP) is 3.03. The zero-order valence-corrected chi connectivity index (χ0v) is 18.5. The van der Waals surface area contributed by atoms with Crippen LogP contribution in [0.15, 0.2) is 91.1 Å². The van der Waals surface area contributed by atoms with Crippen LogP contribution in [0.25, 0.3) is 10.9 Å². The van der Waals surface area contributed by atoms with Crippen molar-refractivity contribution in [2.45, 2.75) is 25.1 Å². The summed E-state index contributed by atoms with van der Waals surface area (Å²) in [5, 5.41) is 17.4. The summed E-state index contributed by atoms with van der Waals surface area (Å²) in [5.41, 5.74) is 9.51. The summed E-state index contributed by atoms with van der Waals surface area (Å²) in [6.07, 6.45) is 0.552. The highest BCUT2D eigenvalue weighted by atomic mass is 16.3. The Morgan fingerprint density at radius 3 is 2.41 bits per heavy atom. The van der Waals surface area contributed by atoms with E-state index in [9.17, 15) is 14.7 Å². The highest BCUT2D eigenvalue weighted by molar-refractivity contribution is 5.95. The summed E-state index contributed by atoms with van der Waals surface area (Å²) < 4.78 is 0. The summed E-state index contributed by atoms with van der Waals surface area (Å²) in [5.74, 6) is -1.27. The van der Waals surface area contributed by atoms with Crippen molar-refractivity contribution >= 4 is 28.4 Å². The first-order valence-corrected chi connectivity index (χ1v) is 11.0. The molecule has 4 rings (SSSR count). The Hall–Kier alpha value is -4.23. The zero-order valence-electron chi connectivity index (χ0n) is 18.5. The quantitative estimate of drug-likeness (QED) is 0.310. The number of benzene rings is 3. The molecule has 1 heterocycles. The number of aliphatic hydroxyl groups is 1. The average Bonchev–Trinajstić information content (AvgIpc) is 2.87. The number of aliphatic hydroxyl groups excluding tert-OH is 1. The summed E-state index contributed by atoms with van der Waals surface area (Å²) >= 11 is 0. The first kappa shape index (κ1) is 22.9. The van der Waals surface area contributed by atoms with Crippen molar-refractivity contribution in [3.05, 3.63) is 108 Å². The number of pyridine rings is 1. The third-order valence-electron chi connectivity index (χ3n) is 5.60. The summed E-state index contributed by atoms with van der Waals surface area (Å²) in [7, 11) is 0. The maximum atomic E-state index is 12.8. The number of carbonyl (C=O) groups excluding carboxylic acids is 2. The van der Waals surface area contributed by atoms with Crippen molar-refractivity contribution in [3.8, 4) is 0 Å². The first-order valence-electron chi connectivity index (χ1n) is 11.0. The van der Waals surface area contributed by atoms with Crippen LogP contribution in [0.2, 0.25) is 0 Å². The Morgan fingerprint density at radius 2 is 1.68 bits per heavy atom. The van der Waals surface area contributed by atoms with Gasteiger partial charge in [0.25, 0.3) is 5.91 Å². The van der Waals surface area contributed by atoms with E-state index in [1.807, 2.05) is 72.8 Å². The molecule has 2 amide bonds. The minimum absolute atomic E-state index is 0.278. The Bertz CT molecular complexity index is 1280. The molecule has 0 bridgehead atoms. The van der Waals surface area contributed by atoms with Crippen molar-refractivity contribution in [2.75, 3.05) is 5.32 Å². The van der Waals surface area contributed by atoms with Gasteiger partial charge >= 0.3 is 0 Å². The van der Waals surface area contributed by atoms with Gasteiger partial charge in [0, 0.05) is 29.4 Å². The van der Waals surface area contributed by atoms with E-state index in [4.69, 9.17) is 5.73 Å². The monoisotopic (exact) mass is 454 g/mol. The van der Waals surface area contributed by atoms with Crippen LogP contribution in [-0.4, -0.2) is 34.1 Å². The number of primary amides is 1. The maximum Gasteiger partial charge on any atom is 0.251 e. The number of rotatable bonds is 9. The molecule has 0 aliphatic rings. The number of amides is 2. The second kappa shape index (κ2) is 10.6. The fourth-order valence-electron chi connectivity index (χ4n) is 3.72. The molecule has 7 heteroatoms. The van der Waals surface area contributed by atoms with Crippen molar-refractivity contribution in [1.29, 1.82) is 0 Å². The number of nitrogens with zero attached hydrogens (tertiary/aromatic N) is 1. The highest BCUT2D eigenvalue weighted by Crippen LogP contribution is 2.18.